The van der Waals surface area contributed by atoms with E-state index in [0.717, 1.165) is 12.1 Å². The molecule has 1 aliphatic carbocycles. The molecule has 3 rings (SSSR count). The summed E-state index contributed by atoms with van der Waals surface area (Å²) in [7, 11) is 0. The number of nitrogens with one attached hydrogen (secondary N) is 2. The highest BCUT2D eigenvalue weighted by molar-refractivity contribution is 6.07. The first-order valence-corrected chi connectivity index (χ1v) is 8.90. The van der Waals surface area contributed by atoms with E-state index in [0.29, 0.717) is 12.1 Å². The van der Waals surface area contributed by atoms with E-state index in [2.05, 4.69) is 15.4 Å². The summed E-state index contributed by atoms with van der Waals surface area (Å²) in [5.74, 6) is -2.79. The minimum absolute atomic E-state index is 0.0184. The molecule has 1 atom stereocenters. The zero-order valence-corrected chi connectivity index (χ0v) is 15.2. The molecule has 0 radical (unpaired) electrons. The van der Waals surface area contributed by atoms with Crippen molar-refractivity contribution < 1.29 is 45.5 Å². The topological polar surface area (TPSA) is 84.5 Å². The Bertz CT molecular complexity index is 859. The third-order valence-corrected chi connectivity index (χ3v) is 5.24. The second kappa shape index (κ2) is 7.47. The average Bonchev–Trinajstić information content (AvgIpc) is 2.91. The van der Waals surface area contributed by atoms with Crippen LogP contribution in [0.4, 0.5) is 31.1 Å². The second-order valence-electron chi connectivity index (χ2n) is 7.25. The van der Waals surface area contributed by atoms with Gasteiger partial charge in [0.05, 0.1) is 11.5 Å². The average molecular weight is 438 g/mol. The van der Waals surface area contributed by atoms with Gasteiger partial charge in [-0.2, -0.15) is 26.3 Å². The van der Waals surface area contributed by atoms with Gasteiger partial charge in [0.2, 0.25) is 6.10 Å². The molecule has 1 saturated heterocycles. The van der Waals surface area contributed by atoms with E-state index in [1.807, 2.05) is 0 Å². The van der Waals surface area contributed by atoms with Gasteiger partial charge in [-0.25, -0.2) is 4.79 Å². The van der Waals surface area contributed by atoms with E-state index in [1.54, 1.807) is 0 Å². The zero-order chi connectivity index (χ0) is 22.3. The SMILES string of the molecule is O=C1NC(=O)C2(CCC(C(=O)O[C@H](c3cccc(C(F)(F)F)c3)C(F)(F)F)CC2)N1. The molecule has 2 N–H and O–H groups in total. The number of alkyl halides is 6. The van der Waals surface area contributed by atoms with Crippen molar-refractivity contribution in [3.05, 3.63) is 35.4 Å². The standard InChI is InChI=1S/C18H16F6N2O4/c19-17(20,21)11-3-1-2-10(8-11)12(18(22,23)24)30-13(27)9-4-6-16(7-5-9)14(28)25-15(29)26-16/h1-3,8-9,12H,4-7H2,(H2,25,26,28,29)/t9?,12-,16?/m1/s1. The lowest BCUT2D eigenvalue weighted by Crippen LogP contribution is -2.50. The lowest BCUT2D eigenvalue weighted by molar-refractivity contribution is -0.227. The van der Waals surface area contributed by atoms with Crippen LogP contribution in [0.5, 0.6) is 0 Å². The molecule has 1 aromatic rings. The Morgan fingerprint density at radius 1 is 1.10 bits per heavy atom. The number of carbonyl (C=O) groups excluding carboxylic acids is 3. The summed E-state index contributed by atoms with van der Waals surface area (Å²) in [6.45, 7) is 0. The van der Waals surface area contributed by atoms with Crippen molar-refractivity contribution in [2.45, 2.75) is 49.7 Å². The first kappa shape index (κ1) is 21.9. The van der Waals surface area contributed by atoms with Crippen molar-refractivity contribution >= 4 is 17.9 Å². The summed E-state index contributed by atoms with van der Waals surface area (Å²) in [5.41, 5.74) is -3.36. The number of benzene rings is 1. The molecule has 1 saturated carbocycles. The first-order chi connectivity index (χ1) is 13.8. The van der Waals surface area contributed by atoms with Crippen molar-refractivity contribution in [2.24, 2.45) is 5.92 Å². The van der Waals surface area contributed by atoms with Crippen molar-refractivity contribution in [1.29, 1.82) is 0 Å². The van der Waals surface area contributed by atoms with Gasteiger partial charge in [0.25, 0.3) is 5.91 Å². The van der Waals surface area contributed by atoms with Crippen molar-refractivity contribution in [3.8, 4) is 0 Å². The van der Waals surface area contributed by atoms with Crippen LogP contribution in [-0.4, -0.2) is 29.6 Å². The molecule has 12 heteroatoms. The Balaban J connectivity index is 1.73. The third kappa shape index (κ3) is 4.36. The molecule has 0 unspecified atom stereocenters. The van der Waals surface area contributed by atoms with Gasteiger partial charge >= 0.3 is 24.4 Å². The van der Waals surface area contributed by atoms with Gasteiger partial charge in [0.15, 0.2) is 0 Å². The highest BCUT2D eigenvalue weighted by Crippen LogP contribution is 2.41. The molecule has 1 aliphatic heterocycles. The van der Waals surface area contributed by atoms with Crippen molar-refractivity contribution in [1.82, 2.24) is 10.6 Å². The summed E-state index contributed by atoms with van der Waals surface area (Å²) in [5, 5.41) is 4.52. The minimum Gasteiger partial charge on any atom is -0.447 e. The van der Waals surface area contributed by atoms with Gasteiger partial charge in [0.1, 0.15) is 5.54 Å². The normalized spacial score (nSPS) is 25.6. The van der Waals surface area contributed by atoms with Crippen LogP contribution in [0.25, 0.3) is 0 Å². The van der Waals surface area contributed by atoms with Gasteiger partial charge in [-0.1, -0.05) is 12.1 Å². The molecule has 3 amide bonds. The number of urea groups is 1. The molecule has 0 aromatic heterocycles. The fraction of sp³-hybridized carbons (Fsp3) is 0.500. The monoisotopic (exact) mass is 438 g/mol. The first-order valence-electron chi connectivity index (χ1n) is 8.90. The van der Waals surface area contributed by atoms with E-state index in [4.69, 9.17) is 0 Å². The molecule has 6 nitrogen and oxygen atoms in total. The Morgan fingerprint density at radius 3 is 2.23 bits per heavy atom. The molecule has 2 fully saturated rings. The van der Waals surface area contributed by atoms with Crippen LogP contribution in [0.1, 0.15) is 42.9 Å². The predicted octanol–water partition coefficient (Wildman–Crippen LogP) is 3.62. The Hall–Kier alpha value is -2.79. The van der Waals surface area contributed by atoms with Gasteiger partial charge in [-0.05, 0) is 37.8 Å². The van der Waals surface area contributed by atoms with Gasteiger partial charge in [-0.15, -0.1) is 0 Å². The molecular formula is C18H16F6N2O4. The summed E-state index contributed by atoms with van der Waals surface area (Å²) < 4.78 is 83.4. The smallest absolute Gasteiger partial charge is 0.429 e. The maximum absolute atomic E-state index is 13.4. The molecule has 1 spiro atoms. The van der Waals surface area contributed by atoms with Crippen LogP contribution >= 0.6 is 0 Å². The number of ether oxygens (including phenoxy) is 1. The number of esters is 1. The summed E-state index contributed by atoms with van der Waals surface area (Å²) >= 11 is 0. The molecule has 30 heavy (non-hydrogen) atoms. The van der Waals surface area contributed by atoms with Crippen LogP contribution in [0.3, 0.4) is 0 Å². The maximum Gasteiger partial charge on any atom is 0.429 e. The fourth-order valence-corrected chi connectivity index (χ4v) is 3.64. The zero-order valence-electron chi connectivity index (χ0n) is 15.2. The quantitative estimate of drug-likeness (QED) is 0.429. The van der Waals surface area contributed by atoms with E-state index >= 15 is 0 Å². The van der Waals surface area contributed by atoms with Crippen molar-refractivity contribution in [2.75, 3.05) is 0 Å². The molecule has 2 aliphatic rings. The van der Waals surface area contributed by atoms with Crippen LogP contribution in [0.2, 0.25) is 0 Å². The number of amides is 3. The van der Waals surface area contributed by atoms with Crippen LogP contribution < -0.4 is 10.6 Å². The fourth-order valence-electron chi connectivity index (χ4n) is 3.64. The molecule has 164 valence electrons. The molecule has 1 heterocycles. The Kier molecular flexibility index (Phi) is 5.46. The van der Waals surface area contributed by atoms with E-state index in [1.165, 1.54) is 0 Å². The summed E-state index contributed by atoms with van der Waals surface area (Å²) in [6.07, 6.45) is -12.9. The van der Waals surface area contributed by atoms with Crippen molar-refractivity contribution in [3.63, 3.8) is 0 Å². The number of hydrogen-bond acceptors (Lipinski definition) is 4. The predicted molar refractivity (Wildman–Crippen MR) is 87.7 cm³/mol. The Labute approximate surface area is 165 Å². The molecule has 1 aromatic carbocycles. The minimum atomic E-state index is -5.13. The Morgan fingerprint density at radius 2 is 1.73 bits per heavy atom. The van der Waals surface area contributed by atoms with Crippen LogP contribution in [0, 0.1) is 5.92 Å². The number of halogens is 6. The lowest BCUT2D eigenvalue weighted by atomic mass is 9.76. The number of carbonyl (C=O) groups is 3. The van der Waals surface area contributed by atoms with Gasteiger partial charge < -0.3 is 10.1 Å². The van der Waals surface area contributed by atoms with Gasteiger partial charge in [0, 0.05) is 5.56 Å². The molecule has 0 bridgehead atoms. The third-order valence-electron chi connectivity index (χ3n) is 5.24. The van der Waals surface area contributed by atoms with Gasteiger partial charge in [-0.3, -0.25) is 14.9 Å². The lowest BCUT2D eigenvalue weighted by Gasteiger charge is -2.34. The number of imide groups is 1. The summed E-state index contributed by atoms with van der Waals surface area (Å²) in [6, 6.07) is 1.81. The number of hydrogen-bond donors (Lipinski definition) is 2. The largest absolute Gasteiger partial charge is 0.447 e. The second-order valence-corrected chi connectivity index (χ2v) is 7.25. The van der Waals surface area contributed by atoms with Crippen LogP contribution in [0.15, 0.2) is 24.3 Å². The highest BCUT2D eigenvalue weighted by Gasteiger charge is 2.50. The molecular weight excluding hydrogens is 422 g/mol. The van der Waals surface area contributed by atoms with Crippen LogP contribution in [-0.2, 0) is 20.5 Å². The highest BCUT2D eigenvalue weighted by atomic mass is 19.4. The number of rotatable bonds is 3. The van der Waals surface area contributed by atoms with E-state index in [9.17, 15) is 40.7 Å². The maximum atomic E-state index is 13.4. The van der Waals surface area contributed by atoms with E-state index in [-0.39, 0.29) is 25.7 Å². The van der Waals surface area contributed by atoms with E-state index < -0.39 is 58.9 Å². The summed E-state index contributed by atoms with van der Waals surface area (Å²) in [4.78, 5) is 35.5.